The number of hydrogen-bond donors (Lipinski definition) is 1. The van der Waals surface area contributed by atoms with Crippen LogP contribution >= 0.6 is 15.9 Å². The Kier molecular flexibility index (Phi) is 3.09. The molecule has 4 heteroatoms. The number of benzene rings is 1. The predicted octanol–water partition coefficient (Wildman–Crippen LogP) is 3.02. The van der Waals surface area contributed by atoms with E-state index in [2.05, 4.69) is 22.5 Å². The van der Waals surface area contributed by atoms with Gasteiger partial charge in [0.25, 0.3) is 0 Å². The Morgan fingerprint density at radius 2 is 2.07 bits per heavy atom. The molecule has 0 amide bonds. The fraction of sp³-hybridized carbons (Fsp3) is 0.273. The van der Waals surface area contributed by atoms with E-state index in [0.717, 1.165) is 10.0 Å². The molecule has 1 aromatic rings. The summed E-state index contributed by atoms with van der Waals surface area (Å²) in [5, 5.41) is 9.29. The molecule has 0 bridgehead atoms. The van der Waals surface area contributed by atoms with Gasteiger partial charge in [0.15, 0.2) is 6.29 Å². The smallest absolute Gasteiger partial charge is 0.185 e. The van der Waals surface area contributed by atoms with Gasteiger partial charge in [-0.2, -0.15) is 0 Å². The molecule has 0 aliphatic carbocycles. The lowest BCUT2D eigenvalue weighted by Crippen LogP contribution is -2.00. The zero-order valence-electron chi connectivity index (χ0n) is 8.07. The molecule has 0 spiro atoms. The summed E-state index contributed by atoms with van der Waals surface area (Å²) in [6.45, 7) is 4.68. The zero-order chi connectivity index (χ0) is 10.8. The standard InChI is InChI=1S/C11H11BrO3/c1-7(13)8-2-3-10(12)9(6-8)11-14-4-5-15-11/h2-3,6,11,13H,1,4-5H2. The number of rotatable bonds is 2. The van der Waals surface area contributed by atoms with Gasteiger partial charge in [-0.05, 0) is 12.1 Å². The first-order valence-electron chi connectivity index (χ1n) is 4.59. The molecule has 3 nitrogen and oxygen atoms in total. The molecular formula is C11H11BrO3. The third-order valence-electron chi connectivity index (χ3n) is 2.20. The van der Waals surface area contributed by atoms with E-state index in [1.54, 1.807) is 6.07 Å². The zero-order valence-corrected chi connectivity index (χ0v) is 9.66. The van der Waals surface area contributed by atoms with Crippen LogP contribution in [0.2, 0.25) is 0 Å². The average molecular weight is 271 g/mol. The summed E-state index contributed by atoms with van der Waals surface area (Å²) in [7, 11) is 0. The minimum absolute atomic E-state index is 0.0433. The molecule has 0 aromatic heterocycles. The Bertz CT molecular complexity index is 383. The van der Waals surface area contributed by atoms with Crippen molar-refractivity contribution in [3.8, 4) is 0 Å². The fourth-order valence-electron chi connectivity index (χ4n) is 1.44. The Hall–Kier alpha value is -0.840. The van der Waals surface area contributed by atoms with Crippen molar-refractivity contribution in [2.45, 2.75) is 6.29 Å². The minimum Gasteiger partial charge on any atom is -0.508 e. The van der Waals surface area contributed by atoms with Crippen LogP contribution in [0.5, 0.6) is 0 Å². The van der Waals surface area contributed by atoms with Crippen molar-refractivity contribution >= 4 is 21.7 Å². The Balaban J connectivity index is 2.35. The summed E-state index contributed by atoms with van der Waals surface area (Å²) in [5.74, 6) is 0.0433. The summed E-state index contributed by atoms with van der Waals surface area (Å²) in [6, 6.07) is 5.43. The normalized spacial score (nSPS) is 16.9. The van der Waals surface area contributed by atoms with Gasteiger partial charge in [0, 0.05) is 15.6 Å². The Labute approximate surface area is 96.4 Å². The van der Waals surface area contributed by atoms with Gasteiger partial charge in [0.1, 0.15) is 5.76 Å². The summed E-state index contributed by atoms with van der Waals surface area (Å²) >= 11 is 3.42. The Morgan fingerprint density at radius 3 is 2.67 bits per heavy atom. The van der Waals surface area contributed by atoms with E-state index < -0.39 is 0 Å². The molecule has 1 fully saturated rings. The quantitative estimate of drug-likeness (QED) is 0.840. The van der Waals surface area contributed by atoms with E-state index in [4.69, 9.17) is 9.47 Å². The maximum atomic E-state index is 9.29. The van der Waals surface area contributed by atoms with Crippen molar-refractivity contribution in [1.82, 2.24) is 0 Å². The van der Waals surface area contributed by atoms with Crippen molar-refractivity contribution in [2.24, 2.45) is 0 Å². The molecule has 0 atom stereocenters. The van der Waals surface area contributed by atoms with Crippen LogP contribution < -0.4 is 0 Å². The molecule has 1 aromatic carbocycles. The van der Waals surface area contributed by atoms with Crippen molar-refractivity contribution in [3.05, 3.63) is 40.4 Å². The van der Waals surface area contributed by atoms with E-state index >= 15 is 0 Å². The van der Waals surface area contributed by atoms with Crippen molar-refractivity contribution in [2.75, 3.05) is 13.2 Å². The summed E-state index contributed by atoms with van der Waals surface area (Å²) in [4.78, 5) is 0. The molecule has 2 rings (SSSR count). The second-order valence-electron chi connectivity index (χ2n) is 3.26. The molecule has 0 radical (unpaired) electrons. The van der Waals surface area contributed by atoms with Crippen LogP contribution in [0.15, 0.2) is 29.3 Å². The fourth-order valence-corrected chi connectivity index (χ4v) is 1.88. The van der Waals surface area contributed by atoms with Gasteiger partial charge in [0.05, 0.1) is 13.2 Å². The number of aliphatic hydroxyl groups is 1. The van der Waals surface area contributed by atoms with E-state index in [0.29, 0.717) is 18.8 Å². The van der Waals surface area contributed by atoms with Crippen molar-refractivity contribution < 1.29 is 14.6 Å². The number of halogens is 1. The molecule has 80 valence electrons. The van der Waals surface area contributed by atoms with Crippen LogP contribution in [0, 0.1) is 0 Å². The molecular weight excluding hydrogens is 260 g/mol. The average Bonchev–Trinajstić information content (AvgIpc) is 2.71. The van der Waals surface area contributed by atoms with Gasteiger partial charge in [-0.1, -0.05) is 28.6 Å². The third-order valence-corrected chi connectivity index (χ3v) is 2.93. The van der Waals surface area contributed by atoms with E-state index in [1.165, 1.54) is 0 Å². The SMILES string of the molecule is C=C(O)c1ccc(Br)c(C2OCCO2)c1. The minimum atomic E-state index is -0.348. The van der Waals surface area contributed by atoms with Crippen LogP contribution in [0.3, 0.4) is 0 Å². The molecule has 1 N–H and O–H groups in total. The first-order chi connectivity index (χ1) is 7.18. The monoisotopic (exact) mass is 270 g/mol. The van der Waals surface area contributed by atoms with Crippen LogP contribution in [0.25, 0.3) is 5.76 Å². The maximum absolute atomic E-state index is 9.29. The second kappa shape index (κ2) is 4.35. The highest BCUT2D eigenvalue weighted by Gasteiger charge is 2.21. The van der Waals surface area contributed by atoms with Gasteiger partial charge in [-0.3, -0.25) is 0 Å². The molecule has 1 saturated heterocycles. The van der Waals surface area contributed by atoms with Crippen molar-refractivity contribution in [1.29, 1.82) is 0 Å². The second-order valence-corrected chi connectivity index (χ2v) is 4.11. The summed E-state index contributed by atoms with van der Waals surface area (Å²) in [5.41, 5.74) is 1.55. The molecule has 15 heavy (non-hydrogen) atoms. The Morgan fingerprint density at radius 1 is 1.40 bits per heavy atom. The van der Waals surface area contributed by atoms with Crippen LogP contribution in [0.1, 0.15) is 17.4 Å². The highest BCUT2D eigenvalue weighted by molar-refractivity contribution is 9.10. The summed E-state index contributed by atoms with van der Waals surface area (Å²) in [6.07, 6.45) is -0.348. The van der Waals surface area contributed by atoms with Crippen LogP contribution in [0.4, 0.5) is 0 Å². The lowest BCUT2D eigenvalue weighted by molar-refractivity contribution is -0.0446. The molecule has 1 aliphatic rings. The highest BCUT2D eigenvalue weighted by Crippen LogP contribution is 2.31. The van der Waals surface area contributed by atoms with Crippen LogP contribution in [-0.2, 0) is 9.47 Å². The first-order valence-corrected chi connectivity index (χ1v) is 5.38. The van der Waals surface area contributed by atoms with Gasteiger partial charge < -0.3 is 14.6 Å². The van der Waals surface area contributed by atoms with Gasteiger partial charge in [-0.15, -0.1) is 0 Å². The maximum Gasteiger partial charge on any atom is 0.185 e. The lowest BCUT2D eigenvalue weighted by Gasteiger charge is -2.12. The topological polar surface area (TPSA) is 38.7 Å². The third kappa shape index (κ3) is 2.22. The molecule has 1 aliphatic heterocycles. The van der Waals surface area contributed by atoms with Crippen LogP contribution in [-0.4, -0.2) is 18.3 Å². The number of hydrogen-bond acceptors (Lipinski definition) is 3. The molecule has 0 unspecified atom stereocenters. The van der Waals surface area contributed by atoms with Gasteiger partial charge in [0.2, 0.25) is 0 Å². The lowest BCUT2D eigenvalue weighted by atomic mass is 10.1. The van der Waals surface area contributed by atoms with Gasteiger partial charge >= 0.3 is 0 Å². The summed E-state index contributed by atoms with van der Waals surface area (Å²) < 4.78 is 11.7. The van der Waals surface area contributed by atoms with E-state index in [9.17, 15) is 5.11 Å². The van der Waals surface area contributed by atoms with E-state index in [1.807, 2.05) is 12.1 Å². The largest absolute Gasteiger partial charge is 0.508 e. The highest BCUT2D eigenvalue weighted by atomic mass is 79.9. The number of aliphatic hydroxyl groups excluding tert-OH is 1. The van der Waals surface area contributed by atoms with Gasteiger partial charge in [-0.25, -0.2) is 0 Å². The molecule has 1 heterocycles. The van der Waals surface area contributed by atoms with Crippen molar-refractivity contribution in [3.63, 3.8) is 0 Å². The first kappa shape index (κ1) is 10.7. The van der Waals surface area contributed by atoms with E-state index in [-0.39, 0.29) is 12.0 Å². The number of ether oxygens (including phenoxy) is 2. The predicted molar refractivity (Wildman–Crippen MR) is 60.4 cm³/mol. The molecule has 0 saturated carbocycles.